The summed E-state index contributed by atoms with van der Waals surface area (Å²) in [5.74, 6) is -5.37. The first-order valence-corrected chi connectivity index (χ1v) is 11.4. The van der Waals surface area contributed by atoms with Crippen molar-refractivity contribution in [3.8, 4) is 0 Å². The van der Waals surface area contributed by atoms with Gasteiger partial charge in [0.05, 0.1) is 0 Å². The van der Waals surface area contributed by atoms with Crippen LogP contribution in [0.4, 0.5) is 41.2 Å². The van der Waals surface area contributed by atoms with Gasteiger partial charge in [0.25, 0.3) is 0 Å². The Kier molecular flexibility index (Phi) is 8.97. The molecule has 0 aromatic heterocycles. The maximum absolute atomic E-state index is 13.7. The predicted molar refractivity (Wildman–Crippen MR) is 115 cm³/mol. The van der Waals surface area contributed by atoms with E-state index in [1.165, 1.54) is 0 Å². The number of carbonyl (C=O) groups is 1. The highest BCUT2D eigenvalue weighted by Gasteiger charge is 2.67. The van der Waals surface area contributed by atoms with Crippen LogP contribution in [0.2, 0.25) is 5.02 Å². The zero-order valence-corrected chi connectivity index (χ0v) is 19.5. The highest BCUT2D eigenvalue weighted by atomic mass is 35.5. The van der Waals surface area contributed by atoms with Gasteiger partial charge in [-0.05, 0) is 17.7 Å². The highest BCUT2D eigenvalue weighted by molar-refractivity contribution is 6.30. The van der Waals surface area contributed by atoms with Crippen LogP contribution in [0, 0.1) is 0 Å². The Morgan fingerprint density at radius 3 is 2.11 bits per heavy atom. The molecular weight excluding hydrogens is 509 g/mol. The molecule has 0 radical (unpaired) electrons. The van der Waals surface area contributed by atoms with E-state index in [1.54, 1.807) is 6.07 Å². The molecule has 2 fully saturated rings. The number of nitrogens with zero attached hydrogens (tertiary/aromatic N) is 4. The van der Waals surface area contributed by atoms with Gasteiger partial charge >= 0.3 is 24.5 Å². The molecule has 0 bridgehead atoms. The van der Waals surface area contributed by atoms with Crippen LogP contribution in [-0.2, 0) is 11.3 Å². The molecule has 1 aromatic rings. The summed E-state index contributed by atoms with van der Waals surface area (Å²) in [5, 5.41) is 0.543. The van der Waals surface area contributed by atoms with Crippen LogP contribution in [0.5, 0.6) is 0 Å². The van der Waals surface area contributed by atoms with Crippen molar-refractivity contribution >= 4 is 23.4 Å². The molecule has 2 heterocycles. The third-order valence-corrected chi connectivity index (χ3v) is 6.32. The number of amides is 1. The summed E-state index contributed by atoms with van der Waals surface area (Å²) in [5.41, 5.74) is 1.84. The lowest BCUT2D eigenvalue weighted by Gasteiger charge is -2.38. The summed E-state index contributed by atoms with van der Waals surface area (Å²) in [4.78, 5) is 18.8. The molecule has 0 N–H and O–H groups in total. The number of benzene rings is 1. The average Bonchev–Trinajstić information content (AvgIpc) is 2.80. The summed E-state index contributed by atoms with van der Waals surface area (Å²) in [6.07, 6.45) is -12.4. The molecule has 1 amide bonds. The summed E-state index contributed by atoms with van der Waals surface area (Å²) in [6, 6.07) is 5.42. The Balaban J connectivity index is 1.59. The second-order valence-electron chi connectivity index (χ2n) is 8.37. The summed E-state index contributed by atoms with van der Waals surface area (Å²) >= 11 is 6.20. The first-order chi connectivity index (χ1) is 16.4. The zero-order chi connectivity index (χ0) is 25.8. The summed E-state index contributed by atoms with van der Waals surface area (Å²) < 4.78 is 93.2. The molecule has 2 aliphatic rings. The summed E-state index contributed by atoms with van der Waals surface area (Å²) in [7, 11) is 0. The molecule has 3 rings (SSSR count). The lowest BCUT2D eigenvalue weighted by atomic mass is 10.1. The highest BCUT2D eigenvalue weighted by Crippen LogP contribution is 2.40. The molecule has 2 saturated heterocycles. The van der Waals surface area contributed by atoms with Crippen LogP contribution in [0.25, 0.3) is 0 Å². The van der Waals surface area contributed by atoms with Crippen molar-refractivity contribution in [2.75, 3.05) is 70.5 Å². The lowest BCUT2D eigenvalue weighted by Crippen LogP contribution is -2.55. The van der Waals surface area contributed by atoms with Gasteiger partial charge in [0.15, 0.2) is 0 Å². The van der Waals surface area contributed by atoms with Crippen molar-refractivity contribution in [1.29, 1.82) is 0 Å². The normalized spacial score (nSPS) is 20.3. The third-order valence-electron chi connectivity index (χ3n) is 6.09. The van der Waals surface area contributed by atoms with E-state index in [0.717, 1.165) is 16.2 Å². The molecule has 1 atom stereocenters. The quantitative estimate of drug-likeness (QED) is 0.491. The van der Waals surface area contributed by atoms with Gasteiger partial charge in [-0.25, -0.2) is 18.0 Å². The predicted octanol–water partition coefficient (Wildman–Crippen LogP) is 4.18. The Hall–Kier alpha value is -1.99. The molecule has 35 heavy (non-hydrogen) atoms. The monoisotopic (exact) mass is 534 g/mol. The molecule has 0 spiro atoms. The molecule has 0 saturated carbocycles. The van der Waals surface area contributed by atoms with Crippen LogP contribution in [-0.4, -0.2) is 105 Å². The van der Waals surface area contributed by atoms with Gasteiger partial charge in [-0.2, -0.15) is 17.6 Å². The van der Waals surface area contributed by atoms with Crippen molar-refractivity contribution < 1.29 is 40.3 Å². The molecule has 198 valence electrons. The van der Waals surface area contributed by atoms with Crippen LogP contribution in [0.3, 0.4) is 0 Å². The molecule has 1 unspecified atom stereocenters. The number of rotatable bonds is 7. The van der Waals surface area contributed by atoms with E-state index in [9.17, 15) is 35.5 Å². The van der Waals surface area contributed by atoms with E-state index in [4.69, 9.17) is 11.6 Å². The van der Waals surface area contributed by atoms with Crippen LogP contribution in [0.15, 0.2) is 18.2 Å². The second-order valence-corrected chi connectivity index (χ2v) is 8.80. The largest absolute Gasteiger partial charge is 0.466 e. The molecular formula is C21H26ClF7N4O2. The van der Waals surface area contributed by atoms with Gasteiger partial charge in [-0.15, -0.1) is 0 Å². The fourth-order valence-electron chi connectivity index (χ4n) is 4.04. The van der Waals surface area contributed by atoms with Gasteiger partial charge in [0.1, 0.15) is 6.67 Å². The number of alkyl halides is 7. The van der Waals surface area contributed by atoms with Gasteiger partial charge in [-0.1, -0.05) is 17.7 Å². The van der Waals surface area contributed by atoms with Gasteiger partial charge in [0.2, 0.25) is 0 Å². The maximum atomic E-state index is 13.7. The Bertz CT molecular complexity index is 863. The number of anilines is 1. The maximum Gasteiger partial charge on any atom is 0.466 e. The smallest absolute Gasteiger partial charge is 0.398 e. The van der Waals surface area contributed by atoms with Gasteiger partial charge in [-0.3, -0.25) is 9.80 Å². The minimum atomic E-state index is -6.07. The van der Waals surface area contributed by atoms with E-state index < -0.39 is 31.2 Å². The number of ether oxygens (including phenoxy) is 1. The van der Waals surface area contributed by atoms with Crippen molar-refractivity contribution in [3.63, 3.8) is 0 Å². The fourth-order valence-corrected chi connectivity index (χ4v) is 4.21. The number of piperazine rings is 2. The van der Waals surface area contributed by atoms with Crippen LogP contribution >= 0.6 is 11.6 Å². The number of carbonyl (C=O) groups excluding carboxylic acids is 1. The molecule has 14 heteroatoms. The lowest BCUT2D eigenvalue weighted by molar-refractivity contribution is -0.351. The van der Waals surface area contributed by atoms with E-state index >= 15 is 0 Å². The summed E-state index contributed by atoms with van der Waals surface area (Å²) in [6.45, 7) is 3.34. The van der Waals surface area contributed by atoms with Crippen molar-refractivity contribution in [2.45, 2.75) is 25.0 Å². The van der Waals surface area contributed by atoms with Gasteiger partial charge < -0.3 is 14.5 Å². The molecule has 1 aromatic carbocycles. The minimum Gasteiger partial charge on any atom is -0.398 e. The number of hydrogen-bond acceptors (Lipinski definition) is 5. The Labute approximate surface area is 203 Å². The van der Waals surface area contributed by atoms with Crippen LogP contribution in [0.1, 0.15) is 5.56 Å². The molecule has 0 aliphatic carbocycles. The topological polar surface area (TPSA) is 39.3 Å². The van der Waals surface area contributed by atoms with E-state index in [1.807, 2.05) is 21.9 Å². The van der Waals surface area contributed by atoms with E-state index in [0.29, 0.717) is 44.3 Å². The van der Waals surface area contributed by atoms with E-state index in [-0.39, 0.29) is 26.2 Å². The number of hydrogen-bond donors (Lipinski definition) is 0. The Morgan fingerprint density at radius 2 is 1.57 bits per heavy atom. The van der Waals surface area contributed by atoms with E-state index in [2.05, 4.69) is 9.64 Å². The second kappa shape index (κ2) is 11.4. The Morgan fingerprint density at radius 1 is 0.971 bits per heavy atom. The minimum absolute atomic E-state index is 0.124. The standard InChI is InChI=1S/C21H26ClF7N4O2/c22-16-2-1-15(17(13-16)32-9-5-30(4-3-23)6-10-32)14-31-7-11-33(12-8-31)19(34)35-20(26,18(24)25)21(27,28)29/h1-2,13,18H,3-12,14H2. The first-order valence-electron chi connectivity index (χ1n) is 11.0. The molecule has 6 nitrogen and oxygen atoms in total. The zero-order valence-electron chi connectivity index (χ0n) is 18.7. The van der Waals surface area contributed by atoms with Crippen molar-refractivity contribution in [2.24, 2.45) is 0 Å². The fraction of sp³-hybridized carbons (Fsp3) is 0.667. The third kappa shape index (κ3) is 6.62. The number of halogens is 8. The first kappa shape index (κ1) is 27.6. The SMILES string of the molecule is O=C(OC(F)(C(F)F)C(F)(F)F)N1CCN(Cc2ccc(Cl)cc2N2CCN(CCF)CC2)CC1. The van der Waals surface area contributed by atoms with Crippen LogP contribution < -0.4 is 4.90 Å². The van der Waals surface area contributed by atoms with Crippen molar-refractivity contribution in [1.82, 2.24) is 14.7 Å². The molecule has 2 aliphatic heterocycles. The average molecular weight is 535 g/mol. The van der Waals surface area contributed by atoms with Crippen molar-refractivity contribution in [3.05, 3.63) is 28.8 Å². The van der Waals surface area contributed by atoms with Gasteiger partial charge in [0, 0.05) is 76.2 Å².